The van der Waals surface area contributed by atoms with E-state index in [4.69, 9.17) is 5.73 Å². The molecule has 1 rings (SSSR count). The van der Waals surface area contributed by atoms with Gasteiger partial charge in [-0.05, 0) is 31.3 Å². The molecule has 0 fully saturated rings. The van der Waals surface area contributed by atoms with Crippen molar-refractivity contribution in [3.8, 4) is 0 Å². The van der Waals surface area contributed by atoms with Gasteiger partial charge in [-0.3, -0.25) is 0 Å². The third kappa shape index (κ3) is 3.49. The number of rotatable bonds is 3. The summed E-state index contributed by atoms with van der Waals surface area (Å²) in [4.78, 5) is 0.261. The minimum atomic E-state index is -3.35. The van der Waals surface area contributed by atoms with E-state index in [1.165, 1.54) is 0 Å². The van der Waals surface area contributed by atoms with Gasteiger partial charge < -0.3 is 11.1 Å². The SMILES string of the molecule is Cc1ccc(S(=O)(=O)CNC(N)=S)cc1. The van der Waals surface area contributed by atoms with Gasteiger partial charge in [-0.1, -0.05) is 17.7 Å². The predicted molar refractivity (Wildman–Crippen MR) is 63.2 cm³/mol. The molecule has 0 amide bonds. The van der Waals surface area contributed by atoms with Crippen molar-refractivity contribution in [3.05, 3.63) is 29.8 Å². The van der Waals surface area contributed by atoms with Crippen molar-refractivity contribution in [1.82, 2.24) is 5.32 Å². The van der Waals surface area contributed by atoms with Gasteiger partial charge in [0.2, 0.25) is 0 Å². The van der Waals surface area contributed by atoms with Crippen LogP contribution in [0.5, 0.6) is 0 Å². The Kier molecular flexibility index (Phi) is 3.65. The number of sulfone groups is 1. The molecule has 0 heterocycles. The Hall–Kier alpha value is -1.14. The molecule has 0 atom stereocenters. The first-order chi connectivity index (χ1) is 6.92. The number of aryl methyl sites for hydroxylation is 1. The van der Waals surface area contributed by atoms with Gasteiger partial charge in [0.05, 0.1) is 4.90 Å². The van der Waals surface area contributed by atoms with E-state index in [1.54, 1.807) is 24.3 Å². The van der Waals surface area contributed by atoms with Crippen LogP contribution in [-0.4, -0.2) is 19.4 Å². The first kappa shape index (κ1) is 11.9. The van der Waals surface area contributed by atoms with Gasteiger partial charge in [-0.15, -0.1) is 0 Å². The van der Waals surface area contributed by atoms with Crippen LogP contribution in [0.25, 0.3) is 0 Å². The molecule has 0 radical (unpaired) electrons. The summed E-state index contributed by atoms with van der Waals surface area (Å²) in [5.41, 5.74) is 6.17. The second-order valence-corrected chi connectivity index (χ2v) is 5.54. The normalized spacial score (nSPS) is 11.0. The third-order valence-electron chi connectivity index (χ3n) is 1.82. The number of nitrogens with two attached hydrogens (primary N) is 1. The van der Waals surface area contributed by atoms with E-state index >= 15 is 0 Å². The monoisotopic (exact) mass is 244 g/mol. The molecule has 0 unspecified atom stereocenters. The van der Waals surface area contributed by atoms with Crippen molar-refractivity contribution in [1.29, 1.82) is 0 Å². The second kappa shape index (κ2) is 4.59. The summed E-state index contributed by atoms with van der Waals surface area (Å²) < 4.78 is 23.3. The maximum atomic E-state index is 11.7. The highest BCUT2D eigenvalue weighted by Gasteiger charge is 2.13. The van der Waals surface area contributed by atoms with Crippen LogP contribution in [0.1, 0.15) is 5.56 Å². The summed E-state index contributed by atoms with van der Waals surface area (Å²) in [5.74, 6) is -0.272. The second-order valence-electron chi connectivity index (χ2n) is 3.11. The van der Waals surface area contributed by atoms with Crippen molar-refractivity contribution in [2.24, 2.45) is 5.73 Å². The summed E-state index contributed by atoms with van der Waals surface area (Å²) in [6.07, 6.45) is 0. The Balaban J connectivity index is 2.87. The number of benzene rings is 1. The van der Waals surface area contributed by atoms with Gasteiger partial charge in [0.1, 0.15) is 5.88 Å². The topological polar surface area (TPSA) is 72.2 Å². The molecule has 0 aliphatic carbocycles. The van der Waals surface area contributed by atoms with E-state index in [0.717, 1.165) is 5.56 Å². The minimum absolute atomic E-state index is 0.0225. The molecule has 82 valence electrons. The molecule has 0 saturated carbocycles. The lowest BCUT2D eigenvalue weighted by Crippen LogP contribution is -2.33. The van der Waals surface area contributed by atoms with Crippen LogP contribution >= 0.6 is 12.2 Å². The van der Waals surface area contributed by atoms with E-state index in [-0.39, 0.29) is 15.9 Å². The fourth-order valence-electron chi connectivity index (χ4n) is 0.995. The van der Waals surface area contributed by atoms with Gasteiger partial charge in [0.15, 0.2) is 14.9 Å². The summed E-state index contributed by atoms with van der Waals surface area (Å²) in [5, 5.41) is 2.40. The Morgan fingerprint density at radius 1 is 1.40 bits per heavy atom. The summed E-state index contributed by atoms with van der Waals surface area (Å²) in [7, 11) is -3.35. The lowest BCUT2D eigenvalue weighted by Gasteiger charge is -2.05. The van der Waals surface area contributed by atoms with Gasteiger partial charge in [-0.2, -0.15) is 0 Å². The van der Waals surface area contributed by atoms with Crippen LogP contribution in [0.4, 0.5) is 0 Å². The lowest BCUT2D eigenvalue weighted by molar-refractivity contribution is 0.594. The molecule has 0 aromatic heterocycles. The number of hydrogen-bond donors (Lipinski definition) is 2. The van der Waals surface area contributed by atoms with Crippen LogP contribution in [0.15, 0.2) is 29.2 Å². The van der Waals surface area contributed by atoms with Crippen molar-refractivity contribution in [2.45, 2.75) is 11.8 Å². The average molecular weight is 244 g/mol. The van der Waals surface area contributed by atoms with Gasteiger partial charge in [0, 0.05) is 0 Å². The van der Waals surface area contributed by atoms with E-state index in [0.29, 0.717) is 0 Å². The predicted octanol–water partition coefficient (Wildman–Crippen LogP) is 0.559. The van der Waals surface area contributed by atoms with Gasteiger partial charge in [-0.25, -0.2) is 8.42 Å². The molecule has 4 nitrogen and oxygen atoms in total. The molecule has 0 saturated heterocycles. The van der Waals surface area contributed by atoms with Crippen molar-refractivity contribution in [2.75, 3.05) is 5.88 Å². The molecule has 0 bridgehead atoms. The molecule has 0 aliphatic rings. The highest BCUT2D eigenvalue weighted by molar-refractivity contribution is 7.91. The van der Waals surface area contributed by atoms with E-state index < -0.39 is 9.84 Å². The van der Waals surface area contributed by atoms with E-state index in [9.17, 15) is 8.42 Å². The van der Waals surface area contributed by atoms with Gasteiger partial charge >= 0.3 is 0 Å². The largest absolute Gasteiger partial charge is 0.376 e. The molecule has 6 heteroatoms. The zero-order valence-electron chi connectivity index (χ0n) is 8.23. The first-order valence-corrected chi connectivity index (χ1v) is 6.30. The quantitative estimate of drug-likeness (QED) is 0.760. The van der Waals surface area contributed by atoms with Crippen LogP contribution < -0.4 is 11.1 Å². The molecule has 0 aliphatic heterocycles. The summed E-state index contributed by atoms with van der Waals surface area (Å²) in [6.45, 7) is 1.89. The van der Waals surface area contributed by atoms with Crippen molar-refractivity contribution < 1.29 is 8.42 Å². The van der Waals surface area contributed by atoms with E-state index in [2.05, 4.69) is 17.5 Å². The van der Waals surface area contributed by atoms with Gasteiger partial charge in [0.25, 0.3) is 0 Å². The summed E-state index contributed by atoms with van der Waals surface area (Å²) in [6, 6.07) is 6.61. The Morgan fingerprint density at radius 3 is 2.40 bits per heavy atom. The lowest BCUT2D eigenvalue weighted by atomic mass is 10.2. The Bertz CT molecular complexity index is 452. The zero-order chi connectivity index (χ0) is 11.5. The molecule has 1 aromatic rings. The maximum absolute atomic E-state index is 11.7. The highest BCUT2D eigenvalue weighted by atomic mass is 32.2. The van der Waals surface area contributed by atoms with Crippen LogP contribution in [0.2, 0.25) is 0 Å². The van der Waals surface area contributed by atoms with Crippen molar-refractivity contribution >= 4 is 27.2 Å². The third-order valence-corrected chi connectivity index (χ3v) is 3.48. The molecule has 3 N–H and O–H groups in total. The fourth-order valence-corrected chi connectivity index (χ4v) is 2.22. The number of nitrogens with one attached hydrogen (secondary N) is 1. The van der Waals surface area contributed by atoms with Crippen molar-refractivity contribution in [3.63, 3.8) is 0 Å². The summed E-state index contributed by atoms with van der Waals surface area (Å²) >= 11 is 4.54. The number of thiocarbonyl (C=S) groups is 1. The number of hydrogen-bond acceptors (Lipinski definition) is 3. The standard InChI is InChI=1S/C9H12N2O2S2/c1-7-2-4-8(5-3-7)15(12,13)6-11-9(10)14/h2-5H,6H2,1H3,(H3,10,11,14). The Labute approximate surface area is 94.4 Å². The van der Waals surface area contributed by atoms with Crippen LogP contribution in [0, 0.1) is 6.92 Å². The molecular formula is C9H12N2O2S2. The minimum Gasteiger partial charge on any atom is -0.376 e. The smallest absolute Gasteiger partial charge is 0.196 e. The molecule has 0 spiro atoms. The average Bonchev–Trinajstić information content (AvgIpc) is 2.16. The Morgan fingerprint density at radius 2 is 1.93 bits per heavy atom. The van der Waals surface area contributed by atoms with Crippen LogP contribution in [0.3, 0.4) is 0 Å². The highest BCUT2D eigenvalue weighted by Crippen LogP contribution is 2.10. The maximum Gasteiger partial charge on any atom is 0.196 e. The molecule has 15 heavy (non-hydrogen) atoms. The fraction of sp³-hybridized carbons (Fsp3) is 0.222. The zero-order valence-corrected chi connectivity index (χ0v) is 9.86. The van der Waals surface area contributed by atoms with E-state index in [1.807, 2.05) is 6.92 Å². The molecular weight excluding hydrogens is 232 g/mol. The first-order valence-electron chi connectivity index (χ1n) is 4.24. The molecule has 1 aromatic carbocycles. The van der Waals surface area contributed by atoms with Crippen LogP contribution in [-0.2, 0) is 9.84 Å².